The fraction of sp³-hybridized carbons (Fsp3) is 0.818. The lowest BCUT2D eigenvalue weighted by molar-refractivity contribution is 0.270. The van der Waals surface area contributed by atoms with Crippen molar-refractivity contribution in [2.75, 3.05) is 6.61 Å². The summed E-state index contributed by atoms with van der Waals surface area (Å²) in [5, 5.41) is 16.9. The maximum Gasteiger partial charge on any atom is 0.133 e. The normalized spacial score (nSPS) is 25.9. The molecule has 90 valence electrons. The second kappa shape index (κ2) is 5.41. The highest BCUT2D eigenvalue weighted by Crippen LogP contribution is 2.25. The van der Waals surface area contributed by atoms with E-state index in [1.807, 2.05) is 4.57 Å². The molecule has 0 amide bonds. The van der Waals surface area contributed by atoms with E-state index in [0.717, 1.165) is 25.1 Å². The Morgan fingerprint density at radius 3 is 2.81 bits per heavy atom. The number of nitrogens with two attached hydrogens (primary N) is 1. The van der Waals surface area contributed by atoms with E-state index in [2.05, 4.69) is 10.2 Å². The smallest absolute Gasteiger partial charge is 0.133 e. The van der Waals surface area contributed by atoms with E-state index in [-0.39, 0.29) is 6.61 Å². The molecule has 3 N–H and O–H groups in total. The first kappa shape index (κ1) is 11.5. The molecule has 1 aromatic rings. The first-order chi connectivity index (χ1) is 7.79. The summed E-state index contributed by atoms with van der Waals surface area (Å²) in [6.07, 6.45) is 7.28. The number of hydrogen-bond donors (Lipinski definition) is 2. The van der Waals surface area contributed by atoms with Crippen LogP contribution in [-0.4, -0.2) is 32.5 Å². The van der Waals surface area contributed by atoms with E-state index in [1.165, 1.54) is 12.8 Å². The summed E-state index contributed by atoms with van der Waals surface area (Å²) in [5.41, 5.74) is 5.88. The first-order valence-electron chi connectivity index (χ1n) is 6.02. The van der Waals surface area contributed by atoms with Crippen molar-refractivity contribution in [3.8, 4) is 0 Å². The minimum atomic E-state index is 0.139. The SMILES string of the molecule is NC1CCC(Cc2nncn2CCO)CC1. The molecule has 0 radical (unpaired) electrons. The Kier molecular flexibility index (Phi) is 3.90. The van der Waals surface area contributed by atoms with Crippen molar-refractivity contribution in [2.45, 2.75) is 44.7 Å². The van der Waals surface area contributed by atoms with Gasteiger partial charge in [0.15, 0.2) is 0 Å². The number of hydrogen-bond acceptors (Lipinski definition) is 4. The minimum absolute atomic E-state index is 0.139. The average molecular weight is 224 g/mol. The van der Waals surface area contributed by atoms with Crippen LogP contribution in [0.5, 0.6) is 0 Å². The Labute approximate surface area is 95.7 Å². The molecule has 1 aliphatic rings. The Balaban J connectivity index is 1.90. The standard InChI is InChI=1S/C11H20N4O/c12-10-3-1-9(2-4-10)7-11-14-13-8-15(11)5-6-16/h8-10,16H,1-7,12H2. The zero-order chi connectivity index (χ0) is 11.4. The van der Waals surface area contributed by atoms with Gasteiger partial charge in [0.25, 0.3) is 0 Å². The molecule has 1 aromatic heterocycles. The van der Waals surface area contributed by atoms with Gasteiger partial charge in [-0.2, -0.15) is 0 Å². The predicted molar refractivity (Wildman–Crippen MR) is 60.7 cm³/mol. The van der Waals surface area contributed by atoms with Gasteiger partial charge in [-0.3, -0.25) is 0 Å². The third-order valence-electron chi connectivity index (χ3n) is 3.40. The number of aromatic nitrogens is 3. The molecular weight excluding hydrogens is 204 g/mol. The highest BCUT2D eigenvalue weighted by molar-refractivity contribution is 4.90. The lowest BCUT2D eigenvalue weighted by Gasteiger charge is -2.25. The van der Waals surface area contributed by atoms with E-state index >= 15 is 0 Å². The molecule has 1 fully saturated rings. The zero-order valence-electron chi connectivity index (χ0n) is 9.55. The van der Waals surface area contributed by atoms with Crippen molar-refractivity contribution in [3.63, 3.8) is 0 Å². The highest BCUT2D eigenvalue weighted by Gasteiger charge is 2.20. The van der Waals surface area contributed by atoms with E-state index in [4.69, 9.17) is 10.8 Å². The number of rotatable bonds is 4. The first-order valence-corrected chi connectivity index (χ1v) is 6.02. The molecule has 0 bridgehead atoms. The van der Waals surface area contributed by atoms with Gasteiger partial charge in [-0.15, -0.1) is 10.2 Å². The van der Waals surface area contributed by atoms with Crippen molar-refractivity contribution in [1.82, 2.24) is 14.8 Å². The molecule has 0 spiro atoms. The van der Waals surface area contributed by atoms with E-state index < -0.39 is 0 Å². The Hall–Kier alpha value is -0.940. The lowest BCUT2D eigenvalue weighted by atomic mass is 9.84. The molecule has 0 atom stereocenters. The maximum atomic E-state index is 8.91. The maximum absolute atomic E-state index is 8.91. The van der Waals surface area contributed by atoms with Crippen LogP contribution in [0, 0.1) is 5.92 Å². The van der Waals surface area contributed by atoms with Crippen LogP contribution in [0.1, 0.15) is 31.5 Å². The van der Waals surface area contributed by atoms with Gasteiger partial charge in [0.05, 0.1) is 6.61 Å². The molecule has 0 aliphatic heterocycles. The van der Waals surface area contributed by atoms with Crippen molar-refractivity contribution < 1.29 is 5.11 Å². The molecular formula is C11H20N4O. The summed E-state index contributed by atoms with van der Waals surface area (Å²) in [7, 11) is 0. The molecule has 0 saturated heterocycles. The van der Waals surface area contributed by atoms with Crippen molar-refractivity contribution in [2.24, 2.45) is 11.7 Å². The van der Waals surface area contributed by atoms with Gasteiger partial charge in [0.1, 0.15) is 12.2 Å². The predicted octanol–water partition coefficient (Wildman–Crippen LogP) is 0.330. The number of nitrogens with zero attached hydrogens (tertiary/aromatic N) is 3. The van der Waals surface area contributed by atoms with Crippen LogP contribution in [0.3, 0.4) is 0 Å². The van der Waals surface area contributed by atoms with Crippen LogP contribution in [0.2, 0.25) is 0 Å². The Bertz CT molecular complexity index is 318. The average Bonchev–Trinajstić information content (AvgIpc) is 2.70. The largest absolute Gasteiger partial charge is 0.395 e. The van der Waals surface area contributed by atoms with Crippen molar-refractivity contribution in [3.05, 3.63) is 12.2 Å². The van der Waals surface area contributed by atoms with Gasteiger partial charge < -0.3 is 15.4 Å². The summed E-state index contributed by atoms with van der Waals surface area (Å²) in [5.74, 6) is 1.68. The summed E-state index contributed by atoms with van der Waals surface area (Å²) in [4.78, 5) is 0. The molecule has 16 heavy (non-hydrogen) atoms. The van der Waals surface area contributed by atoms with Crippen LogP contribution in [0.4, 0.5) is 0 Å². The van der Waals surface area contributed by atoms with Gasteiger partial charge >= 0.3 is 0 Å². The molecule has 2 rings (SSSR count). The zero-order valence-corrected chi connectivity index (χ0v) is 9.55. The minimum Gasteiger partial charge on any atom is -0.395 e. The third-order valence-corrected chi connectivity index (χ3v) is 3.40. The topological polar surface area (TPSA) is 77.0 Å². The summed E-state index contributed by atoms with van der Waals surface area (Å²) >= 11 is 0. The molecule has 1 saturated carbocycles. The monoisotopic (exact) mass is 224 g/mol. The van der Waals surface area contributed by atoms with Crippen LogP contribution >= 0.6 is 0 Å². The fourth-order valence-corrected chi connectivity index (χ4v) is 2.38. The van der Waals surface area contributed by atoms with E-state index in [9.17, 15) is 0 Å². The van der Waals surface area contributed by atoms with Gasteiger partial charge in [0.2, 0.25) is 0 Å². The fourth-order valence-electron chi connectivity index (χ4n) is 2.38. The molecule has 1 aliphatic carbocycles. The van der Waals surface area contributed by atoms with Gasteiger partial charge in [-0.05, 0) is 31.6 Å². The highest BCUT2D eigenvalue weighted by atomic mass is 16.3. The van der Waals surface area contributed by atoms with Crippen LogP contribution in [0.25, 0.3) is 0 Å². The Morgan fingerprint density at radius 2 is 2.12 bits per heavy atom. The third kappa shape index (κ3) is 2.80. The molecule has 0 unspecified atom stereocenters. The number of aliphatic hydroxyl groups excluding tert-OH is 1. The lowest BCUT2D eigenvalue weighted by Crippen LogP contribution is -2.27. The van der Waals surface area contributed by atoms with Gasteiger partial charge in [0, 0.05) is 19.0 Å². The summed E-state index contributed by atoms with van der Waals surface area (Å²) < 4.78 is 1.94. The molecule has 5 heteroatoms. The summed E-state index contributed by atoms with van der Waals surface area (Å²) in [6, 6.07) is 0.395. The molecule has 1 heterocycles. The van der Waals surface area contributed by atoms with Crippen LogP contribution in [0.15, 0.2) is 6.33 Å². The van der Waals surface area contributed by atoms with Gasteiger partial charge in [-0.1, -0.05) is 0 Å². The summed E-state index contributed by atoms with van der Waals surface area (Å²) in [6.45, 7) is 0.731. The quantitative estimate of drug-likeness (QED) is 0.772. The number of aliphatic hydroxyl groups is 1. The van der Waals surface area contributed by atoms with Crippen LogP contribution in [-0.2, 0) is 13.0 Å². The second-order valence-corrected chi connectivity index (χ2v) is 4.65. The van der Waals surface area contributed by atoms with Crippen LogP contribution < -0.4 is 5.73 Å². The van der Waals surface area contributed by atoms with E-state index in [1.54, 1.807) is 6.33 Å². The van der Waals surface area contributed by atoms with Crippen molar-refractivity contribution in [1.29, 1.82) is 0 Å². The Morgan fingerprint density at radius 1 is 1.38 bits per heavy atom. The van der Waals surface area contributed by atoms with Gasteiger partial charge in [-0.25, -0.2) is 0 Å². The molecule has 0 aromatic carbocycles. The van der Waals surface area contributed by atoms with Crippen molar-refractivity contribution >= 4 is 0 Å². The second-order valence-electron chi connectivity index (χ2n) is 4.65. The molecule has 5 nitrogen and oxygen atoms in total. The van der Waals surface area contributed by atoms with E-state index in [0.29, 0.717) is 18.5 Å².